The third-order valence-corrected chi connectivity index (χ3v) is 5.01. The first-order valence-corrected chi connectivity index (χ1v) is 8.41. The Kier molecular flexibility index (Phi) is 6.30. The van der Waals surface area contributed by atoms with Gasteiger partial charge in [-0.1, -0.05) is 12.8 Å². The van der Waals surface area contributed by atoms with Crippen LogP contribution in [0, 0.1) is 0 Å². The molecule has 4 heteroatoms. The van der Waals surface area contributed by atoms with E-state index < -0.39 is 0 Å². The molecule has 4 nitrogen and oxygen atoms in total. The second kappa shape index (κ2) is 7.99. The van der Waals surface area contributed by atoms with E-state index in [1.165, 1.54) is 38.5 Å². The molecular weight excluding hydrogens is 250 g/mol. The van der Waals surface area contributed by atoms with E-state index in [0.717, 1.165) is 32.6 Å². The topological polar surface area (TPSA) is 35.6 Å². The van der Waals surface area contributed by atoms with Crippen molar-refractivity contribution >= 4 is 5.91 Å². The molecule has 2 aliphatic heterocycles. The zero-order valence-corrected chi connectivity index (χ0v) is 13.2. The molecule has 0 spiro atoms. The maximum Gasteiger partial charge on any atom is 0.239 e. The Labute approximate surface area is 123 Å². The molecule has 2 aliphatic rings. The molecular formula is C16H31N3O. The van der Waals surface area contributed by atoms with E-state index in [9.17, 15) is 4.79 Å². The van der Waals surface area contributed by atoms with Crippen LogP contribution >= 0.6 is 0 Å². The van der Waals surface area contributed by atoms with Crippen molar-refractivity contribution in [3.8, 4) is 0 Å². The highest BCUT2D eigenvalue weighted by Gasteiger charge is 2.28. The lowest BCUT2D eigenvalue weighted by atomic mass is 10.1. The highest BCUT2D eigenvalue weighted by atomic mass is 16.2. The zero-order valence-electron chi connectivity index (χ0n) is 13.2. The average Bonchev–Trinajstić information content (AvgIpc) is 2.89. The maximum atomic E-state index is 12.7. The first-order valence-electron chi connectivity index (χ1n) is 8.41. The number of nitrogens with zero attached hydrogens (tertiary/aromatic N) is 2. The monoisotopic (exact) mass is 281 g/mol. The molecule has 2 saturated heterocycles. The number of hydrogen-bond acceptors (Lipinski definition) is 3. The number of likely N-dealkylation sites (N-methyl/N-ethyl adjacent to an activating group) is 1. The van der Waals surface area contributed by atoms with Crippen molar-refractivity contribution in [2.24, 2.45) is 0 Å². The van der Waals surface area contributed by atoms with Crippen molar-refractivity contribution in [3.05, 3.63) is 0 Å². The fourth-order valence-electron chi connectivity index (χ4n) is 3.45. The molecule has 2 heterocycles. The second-order valence-electron chi connectivity index (χ2n) is 6.42. The molecule has 0 aromatic carbocycles. The maximum absolute atomic E-state index is 12.7. The summed E-state index contributed by atoms with van der Waals surface area (Å²) in [6.07, 6.45) is 8.50. The highest BCUT2D eigenvalue weighted by Crippen LogP contribution is 2.17. The molecule has 116 valence electrons. The minimum Gasteiger partial charge on any atom is -0.341 e. The number of likely N-dealkylation sites (tertiary alicyclic amines) is 1. The van der Waals surface area contributed by atoms with Crippen LogP contribution in [0.5, 0.6) is 0 Å². The van der Waals surface area contributed by atoms with Gasteiger partial charge in [0, 0.05) is 19.1 Å². The number of hydrogen-bond donors (Lipinski definition) is 1. The lowest BCUT2D eigenvalue weighted by Gasteiger charge is -2.34. The molecule has 0 saturated carbocycles. The van der Waals surface area contributed by atoms with Crippen molar-refractivity contribution < 1.29 is 4.79 Å². The first kappa shape index (κ1) is 15.8. The third-order valence-electron chi connectivity index (χ3n) is 5.01. The van der Waals surface area contributed by atoms with Crippen LogP contribution in [0.15, 0.2) is 0 Å². The normalized spacial score (nSPS) is 26.9. The lowest BCUT2D eigenvalue weighted by Crippen LogP contribution is -2.49. The summed E-state index contributed by atoms with van der Waals surface area (Å²) >= 11 is 0. The predicted octanol–water partition coefficient (Wildman–Crippen LogP) is 1.85. The van der Waals surface area contributed by atoms with Gasteiger partial charge < -0.3 is 10.2 Å². The Hall–Kier alpha value is -0.610. The van der Waals surface area contributed by atoms with Crippen molar-refractivity contribution in [3.63, 3.8) is 0 Å². The number of amides is 1. The molecule has 20 heavy (non-hydrogen) atoms. The van der Waals surface area contributed by atoms with E-state index in [0.29, 0.717) is 11.9 Å². The van der Waals surface area contributed by atoms with Crippen molar-refractivity contribution in [2.45, 2.75) is 64.0 Å². The molecule has 0 aliphatic carbocycles. The van der Waals surface area contributed by atoms with E-state index in [2.05, 4.69) is 29.1 Å². The Morgan fingerprint density at radius 3 is 2.50 bits per heavy atom. The van der Waals surface area contributed by atoms with Gasteiger partial charge in [-0.25, -0.2) is 0 Å². The third kappa shape index (κ3) is 4.19. The summed E-state index contributed by atoms with van der Waals surface area (Å²) in [6.45, 7) is 6.22. The molecule has 2 atom stereocenters. The summed E-state index contributed by atoms with van der Waals surface area (Å²) in [5.74, 6) is 0.339. The largest absolute Gasteiger partial charge is 0.341 e. The smallest absolute Gasteiger partial charge is 0.239 e. The summed E-state index contributed by atoms with van der Waals surface area (Å²) in [5, 5.41) is 3.45. The number of nitrogens with one attached hydrogen (secondary N) is 1. The van der Waals surface area contributed by atoms with Gasteiger partial charge in [0.1, 0.15) is 0 Å². The molecule has 2 unspecified atom stereocenters. The lowest BCUT2D eigenvalue weighted by molar-refractivity contribution is -0.136. The highest BCUT2D eigenvalue weighted by molar-refractivity contribution is 5.81. The Bertz CT molecular complexity index is 292. The summed E-state index contributed by atoms with van der Waals surface area (Å²) in [5.41, 5.74) is 0. The molecule has 0 aromatic rings. The van der Waals surface area contributed by atoms with Gasteiger partial charge in [-0.2, -0.15) is 0 Å². The van der Waals surface area contributed by atoms with Crippen molar-refractivity contribution in [2.75, 3.05) is 33.2 Å². The molecule has 0 radical (unpaired) electrons. The number of carbonyl (C=O) groups is 1. The van der Waals surface area contributed by atoms with Crippen LogP contribution in [0.25, 0.3) is 0 Å². The van der Waals surface area contributed by atoms with Crippen LogP contribution in [0.1, 0.15) is 51.9 Å². The van der Waals surface area contributed by atoms with Crippen LogP contribution in [0.3, 0.4) is 0 Å². The van der Waals surface area contributed by atoms with Gasteiger partial charge in [0.25, 0.3) is 0 Å². The van der Waals surface area contributed by atoms with Gasteiger partial charge in [-0.05, 0) is 59.2 Å². The van der Waals surface area contributed by atoms with Gasteiger partial charge >= 0.3 is 0 Å². The molecule has 0 aromatic heterocycles. The van der Waals surface area contributed by atoms with E-state index in [4.69, 9.17) is 0 Å². The van der Waals surface area contributed by atoms with Crippen LogP contribution in [-0.2, 0) is 4.79 Å². The molecule has 0 bridgehead atoms. The van der Waals surface area contributed by atoms with Crippen LogP contribution in [0.2, 0.25) is 0 Å². The molecule has 1 N–H and O–H groups in total. The number of rotatable bonds is 3. The van der Waals surface area contributed by atoms with E-state index in [-0.39, 0.29) is 6.04 Å². The summed E-state index contributed by atoms with van der Waals surface area (Å²) in [6, 6.07) is 0.576. The van der Waals surface area contributed by atoms with E-state index >= 15 is 0 Å². The van der Waals surface area contributed by atoms with Gasteiger partial charge in [0.2, 0.25) is 5.91 Å². The van der Waals surface area contributed by atoms with Gasteiger partial charge in [-0.15, -0.1) is 0 Å². The van der Waals surface area contributed by atoms with Crippen LogP contribution < -0.4 is 5.32 Å². The number of carbonyl (C=O) groups excluding carboxylic acids is 1. The van der Waals surface area contributed by atoms with Gasteiger partial charge in [-0.3, -0.25) is 9.69 Å². The summed E-state index contributed by atoms with van der Waals surface area (Å²) in [7, 11) is 2.14. The Morgan fingerprint density at radius 2 is 1.80 bits per heavy atom. The molecule has 2 rings (SSSR count). The predicted molar refractivity (Wildman–Crippen MR) is 82.8 cm³/mol. The standard InChI is InChI=1S/C16H31N3O/c1-14(16(20)19-12-5-3-4-6-13-19)18(2)15-8-7-10-17-11-9-15/h14-15,17H,3-13H2,1-2H3. The SMILES string of the molecule is CC(C(=O)N1CCCCCC1)N(C)C1CCCNCC1. The Morgan fingerprint density at radius 1 is 1.10 bits per heavy atom. The van der Waals surface area contributed by atoms with E-state index in [1.54, 1.807) is 0 Å². The summed E-state index contributed by atoms with van der Waals surface area (Å²) in [4.78, 5) is 17.1. The van der Waals surface area contributed by atoms with Gasteiger partial charge in [0.15, 0.2) is 0 Å². The summed E-state index contributed by atoms with van der Waals surface area (Å²) < 4.78 is 0. The quantitative estimate of drug-likeness (QED) is 0.857. The average molecular weight is 281 g/mol. The molecule has 1 amide bonds. The van der Waals surface area contributed by atoms with Gasteiger partial charge in [0.05, 0.1) is 6.04 Å². The van der Waals surface area contributed by atoms with Crippen molar-refractivity contribution in [1.82, 2.24) is 15.1 Å². The van der Waals surface area contributed by atoms with Crippen LogP contribution in [0.4, 0.5) is 0 Å². The van der Waals surface area contributed by atoms with Crippen molar-refractivity contribution in [1.29, 1.82) is 0 Å². The second-order valence-corrected chi connectivity index (χ2v) is 6.42. The minimum atomic E-state index is 0.0243. The Balaban J connectivity index is 1.90. The molecule has 2 fully saturated rings. The minimum absolute atomic E-state index is 0.0243. The first-order chi connectivity index (χ1) is 9.70. The van der Waals surface area contributed by atoms with Crippen LogP contribution in [-0.4, -0.2) is 61.0 Å². The fraction of sp³-hybridized carbons (Fsp3) is 0.938. The fourth-order valence-corrected chi connectivity index (χ4v) is 3.45. The zero-order chi connectivity index (χ0) is 14.4. The van der Waals surface area contributed by atoms with E-state index in [1.807, 2.05) is 0 Å².